The Balaban J connectivity index is 2.32. The molecule has 7 heteroatoms. The molecule has 0 spiro atoms. The molecule has 1 aliphatic rings. The van der Waals surface area contributed by atoms with Crippen molar-refractivity contribution in [1.29, 1.82) is 0 Å². The van der Waals surface area contributed by atoms with E-state index in [1.54, 1.807) is 0 Å². The maximum absolute atomic E-state index is 12.0. The van der Waals surface area contributed by atoms with E-state index in [0.29, 0.717) is 19.0 Å². The topological polar surface area (TPSA) is 92.1 Å². The van der Waals surface area contributed by atoms with Crippen molar-refractivity contribution in [3.05, 3.63) is 6.20 Å². The number of sulfonamides is 1. The average molecular weight is 230 g/mol. The second-order valence-corrected chi connectivity index (χ2v) is 5.81. The molecule has 0 amide bonds. The quantitative estimate of drug-likeness (QED) is 0.749. The first kappa shape index (κ1) is 10.4. The molecule has 84 valence electrons. The Morgan fingerprint density at radius 2 is 2.40 bits per heavy atom. The monoisotopic (exact) mass is 230 g/mol. The van der Waals surface area contributed by atoms with Crippen molar-refractivity contribution >= 4 is 15.8 Å². The molecule has 15 heavy (non-hydrogen) atoms. The van der Waals surface area contributed by atoms with Gasteiger partial charge in [0.25, 0.3) is 0 Å². The molecule has 0 bridgehead atoms. The average Bonchev–Trinajstić information content (AvgIpc) is 2.74. The summed E-state index contributed by atoms with van der Waals surface area (Å²) in [4.78, 5) is 0.0802. The molecule has 2 heterocycles. The van der Waals surface area contributed by atoms with Gasteiger partial charge in [-0.15, -0.1) is 0 Å². The SMILES string of the molecule is CC1CCN(S(=O)(=O)c2cn[nH]c2N)C1. The van der Waals surface area contributed by atoms with Crippen molar-refractivity contribution in [3.63, 3.8) is 0 Å². The number of nitrogens with zero attached hydrogens (tertiary/aromatic N) is 2. The zero-order valence-electron chi connectivity index (χ0n) is 8.47. The van der Waals surface area contributed by atoms with Crippen LogP contribution in [0.3, 0.4) is 0 Å². The molecule has 0 saturated carbocycles. The van der Waals surface area contributed by atoms with Gasteiger partial charge in [-0.1, -0.05) is 6.92 Å². The minimum atomic E-state index is -3.44. The summed E-state index contributed by atoms with van der Waals surface area (Å²) in [6.45, 7) is 3.16. The molecule has 0 aliphatic carbocycles. The highest BCUT2D eigenvalue weighted by atomic mass is 32.2. The number of hydrogen-bond donors (Lipinski definition) is 2. The summed E-state index contributed by atoms with van der Waals surface area (Å²) in [6.07, 6.45) is 2.16. The Kier molecular flexibility index (Phi) is 2.43. The molecule has 0 aromatic carbocycles. The number of nitrogens with two attached hydrogens (primary N) is 1. The van der Waals surface area contributed by atoms with E-state index in [1.807, 2.05) is 6.92 Å². The highest BCUT2D eigenvalue weighted by Gasteiger charge is 2.32. The van der Waals surface area contributed by atoms with Crippen LogP contribution < -0.4 is 5.73 Å². The molecule has 2 rings (SSSR count). The minimum Gasteiger partial charge on any atom is -0.383 e. The lowest BCUT2D eigenvalue weighted by molar-refractivity contribution is 0.465. The molecule has 0 radical (unpaired) electrons. The second kappa shape index (κ2) is 3.49. The maximum Gasteiger partial charge on any atom is 0.248 e. The fraction of sp³-hybridized carbons (Fsp3) is 0.625. The number of aromatic amines is 1. The Bertz CT molecular complexity index is 453. The molecule has 1 aromatic rings. The number of nitrogen functional groups attached to an aromatic ring is 1. The second-order valence-electron chi connectivity index (χ2n) is 3.90. The third kappa shape index (κ3) is 1.72. The van der Waals surface area contributed by atoms with Crippen LogP contribution in [0.15, 0.2) is 11.1 Å². The van der Waals surface area contributed by atoms with Crippen LogP contribution in [0.5, 0.6) is 0 Å². The zero-order valence-corrected chi connectivity index (χ0v) is 9.29. The van der Waals surface area contributed by atoms with E-state index < -0.39 is 10.0 Å². The number of rotatable bonds is 2. The van der Waals surface area contributed by atoms with Crippen molar-refractivity contribution in [2.24, 2.45) is 5.92 Å². The van der Waals surface area contributed by atoms with Gasteiger partial charge in [-0.05, 0) is 12.3 Å². The van der Waals surface area contributed by atoms with Gasteiger partial charge in [-0.3, -0.25) is 5.10 Å². The van der Waals surface area contributed by atoms with Crippen LogP contribution >= 0.6 is 0 Å². The first-order valence-corrected chi connectivity index (χ1v) is 6.25. The summed E-state index contributed by atoms with van der Waals surface area (Å²) in [5.74, 6) is 0.516. The fourth-order valence-electron chi connectivity index (χ4n) is 1.74. The lowest BCUT2D eigenvalue weighted by Gasteiger charge is -2.14. The maximum atomic E-state index is 12.0. The van der Waals surface area contributed by atoms with Crippen LogP contribution in [0.1, 0.15) is 13.3 Å². The molecule has 1 aromatic heterocycles. The van der Waals surface area contributed by atoms with Crippen LogP contribution in [0.25, 0.3) is 0 Å². The lowest BCUT2D eigenvalue weighted by Crippen LogP contribution is -2.28. The molecule has 1 atom stereocenters. The summed E-state index contributed by atoms with van der Waals surface area (Å²) in [5.41, 5.74) is 5.51. The predicted molar refractivity (Wildman–Crippen MR) is 55.5 cm³/mol. The van der Waals surface area contributed by atoms with Crippen molar-refractivity contribution in [2.75, 3.05) is 18.8 Å². The van der Waals surface area contributed by atoms with Gasteiger partial charge in [0.15, 0.2) is 0 Å². The van der Waals surface area contributed by atoms with Crippen molar-refractivity contribution < 1.29 is 8.42 Å². The lowest BCUT2D eigenvalue weighted by atomic mass is 10.2. The number of anilines is 1. The van der Waals surface area contributed by atoms with Crippen molar-refractivity contribution in [3.8, 4) is 0 Å². The van der Waals surface area contributed by atoms with E-state index >= 15 is 0 Å². The Morgan fingerprint density at radius 3 is 2.87 bits per heavy atom. The zero-order chi connectivity index (χ0) is 11.1. The van der Waals surface area contributed by atoms with Crippen LogP contribution in [-0.2, 0) is 10.0 Å². The molecular weight excluding hydrogens is 216 g/mol. The summed E-state index contributed by atoms with van der Waals surface area (Å²) >= 11 is 0. The van der Waals surface area contributed by atoms with Gasteiger partial charge in [0, 0.05) is 13.1 Å². The van der Waals surface area contributed by atoms with Gasteiger partial charge in [-0.25, -0.2) is 8.42 Å². The van der Waals surface area contributed by atoms with E-state index in [4.69, 9.17) is 5.73 Å². The molecule has 1 aliphatic heterocycles. The van der Waals surface area contributed by atoms with Crippen LogP contribution in [-0.4, -0.2) is 36.0 Å². The molecule has 1 fully saturated rings. The fourth-order valence-corrected chi connectivity index (χ4v) is 3.33. The van der Waals surface area contributed by atoms with Gasteiger partial charge in [-0.2, -0.15) is 9.40 Å². The smallest absolute Gasteiger partial charge is 0.248 e. The summed E-state index contributed by atoms with van der Waals surface area (Å²) in [5, 5.41) is 6.05. The Labute approximate surface area is 88.5 Å². The van der Waals surface area contributed by atoms with Crippen LogP contribution in [0.4, 0.5) is 5.82 Å². The Hall–Kier alpha value is -1.08. The summed E-state index contributed by atoms with van der Waals surface area (Å²) < 4.78 is 25.6. The first-order valence-electron chi connectivity index (χ1n) is 4.81. The van der Waals surface area contributed by atoms with E-state index in [2.05, 4.69) is 10.2 Å². The van der Waals surface area contributed by atoms with Crippen LogP contribution in [0.2, 0.25) is 0 Å². The molecular formula is C8H14N4O2S. The number of hydrogen-bond acceptors (Lipinski definition) is 4. The normalized spacial score (nSPS) is 23.4. The molecule has 1 unspecified atom stereocenters. The third-order valence-electron chi connectivity index (χ3n) is 2.64. The van der Waals surface area contributed by atoms with Gasteiger partial charge >= 0.3 is 0 Å². The highest BCUT2D eigenvalue weighted by molar-refractivity contribution is 7.89. The number of H-pyrrole nitrogens is 1. The number of nitrogens with one attached hydrogen (secondary N) is 1. The van der Waals surface area contributed by atoms with E-state index in [-0.39, 0.29) is 10.7 Å². The van der Waals surface area contributed by atoms with Gasteiger partial charge in [0.2, 0.25) is 10.0 Å². The summed E-state index contributed by atoms with van der Waals surface area (Å²) in [6, 6.07) is 0. The van der Waals surface area contributed by atoms with Crippen molar-refractivity contribution in [1.82, 2.24) is 14.5 Å². The number of aromatic nitrogens is 2. The van der Waals surface area contributed by atoms with E-state index in [9.17, 15) is 8.42 Å². The Morgan fingerprint density at radius 1 is 1.67 bits per heavy atom. The predicted octanol–water partition coefficient (Wildman–Crippen LogP) is 0.0224. The first-order chi connectivity index (χ1) is 7.01. The van der Waals surface area contributed by atoms with Crippen molar-refractivity contribution in [2.45, 2.75) is 18.2 Å². The van der Waals surface area contributed by atoms with E-state index in [0.717, 1.165) is 6.42 Å². The molecule has 6 nitrogen and oxygen atoms in total. The third-order valence-corrected chi connectivity index (χ3v) is 4.53. The van der Waals surface area contributed by atoms with Crippen LogP contribution in [0, 0.1) is 5.92 Å². The minimum absolute atomic E-state index is 0.0802. The van der Waals surface area contributed by atoms with Gasteiger partial charge < -0.3 is 5.73 Å². The molecule has 3 N–H and O–H groups in total. The van der Waals surface area contributed by atoms with E-state index in [1.165, 1.54) is 10.5 Å². The molecule has 1 saturated heterocycles. The van der Waals surface area contributed by atoms with Gasteiger partial charge in [0.1, 0.15) is 10.7 Å². The summed E-state index contributed by atoms with van der Waals surface area (Å²) in [7, 11) is -3.44. The standard InChI is InChI=1S/C8H14N4O2S/c1-6-2-3-12(5-6)15(13,14)7-4-10-11-8(7)9/h4,6H,2-3,5H2,1H3,(H3,9,10,11). The van der Waals surface area contributed by atoms with Gasteiger partial charge in [0.05, 0.1) is 6.20 Å². The largest absolute Gasteiger partial charge is 0.383 e. The highest BCUT2D eigenvalue weighted by Crippen LogP contribution is 2.25.